The Bertz CT molecular complexity index is 654. The van der Waals surface area contributed by atoms with Gasteiger partial charge in [-0.1, -0.05) is 18.2 Å². The van der Waals surface area contributed by atoms with Crippen molar-refractivity contribution in [3.05, 3.63) is 35.9 Å². The molecule has 0 aliphatic carbocycles. The predicted molar refractivity (Wildman–Crippen MR) is 93.2 cm³/mol. The van der Waals surface area contributed by atoms with E-state index in [1.165, 1.54) is 7.11 Å². The lowest BCUT2D eigenvalue weighted by molar-refractivity contribution is -0.144. The number of methoxy groups -OCH3 is 1. The molecule has 0 aromatic heterocycles. The molecular weight excluding hydrogens is 338 g/mol. The summed E-state index contributed by atoms with van der Waals surface area (Å²) in [4.78, 5) is 50.5. The Morgan fingerprint density at radius 1 is 0.923 bits per heavy atom. The first-order chi connectivity index (χ1) is 12.5. The van der Waals surface area contributed by atoms with Crippen molar-refractivity contribution in [3.8, 4) is 0 Å². The van der Waals surface area contributed by atoms with Crippen molar-refractivity contribution in [2.75, 3.05) is 39.8 Å². The van der Waals surface area contributed by atoms with Crippen LogP contribution in [0.25, 0.3) is 0 Å². The Labute approximate surface area is 152 Å². The van der Waals surface area contributed by atoms with Crippen LogP contribution in [0.3, 0.4) is 0 Å². The zero-order chi connectivity index (χ0) is 18.9. The van der Waals surface area contributed by atoms with Crippen LogP contribution in [0.1, 0.15) is 23.2 Å². The average molecular weight is 361 g/mol. The number of hydrogen-bond donors (Lipinski definition) is 1. The molecule has 8 nitrogen and oxygen atoms in total. The number of nitrogens with zero attached hydrogens (tertiary/aromatic N) is 2. The third kappa shape index (κ3) is 5.58. The molecular formula is C18H23N3O5. The monoisotopic (exact) mass is 361 g/mol. The maximum absolute atomic E-state index is 12.2. The molecule has 0 radical (unpaired) electrons. The first-order valence-electron chi connectivity index (χ1n) is 8.47. The second-order valence-corrected chi connectivity index (χ2v) is 5.89. The van der Waals surface area contributed by atoms with E-state index in [9.17, 15) is 19.2 Å². The Balaban J connectivity index is 1.71. The van der Waals surface area contributed by atoms with Gasteiger partial charge in [0.25, 0.3) is 5.91 Å². The van der Waals surface area contributed by atoms with E-state index in [0.717, 1.165) is 0 Å². The lowest BCUT2D eigenvalue weighted by Crippen LogP contribution is -2.52. The van der Waals surface area contributed by atoms with E-state index in [1.54, 1.807) is 34.1 Å². The second-order valence-electron chi connectivity index (χ2n) is 5.89. The molecule has 1 heterocycles. The molecule has 8 heteroatoms. The van der Waals surface area contributed by atoms with Crippen LogP contribution in [0.2, 0.25) is 0 Å². The highest BCUT2D eigenvalue weighted by molar-refractivity contribution is 5.96. The minimum atomic E-state index is -0.415. The van der Waals surface area contributed by atoms with E-state index in [4.69, 9.17) is 0 Å². The summed E-state index contributed by atoms with van der Waals surface area (Å²) in [5, 5.41) is 2.61. The molecule has 140 valence electrons. The minimum absolute atomic E-state index is 0.0556. The maximum atomic E-state index is 12.2. The fourth-order valence-electron chi connectivity index (χ4n) is 2.63. The standard InChI is InChI=1S/C18H23N3O5/c1-26-17(24)8-7-15(22)20-9-11-21(12-10-20)16(23)13-19-18(25)14-5-3-2-4-6-14/h2-6H,7-13H2,1H3,(H,19,25). The highest BCUT2D eigenvalue weighted by Crippen LogP contribution is 2.06. The summed E-state index contributed by atoms with van der Waals surface area (Å²) in [6.07, 6.45) is 0.160. The van der Waals surface area contributed by atoms with E-state index in [2.05, 4.69) is 10.1 Å². The minimum Gasteiger partial charge on any atom is -0.469 e. The summed E-state index contributed by atoms with van der Waals surface area (Å²) in [6, 6.07) is 8.69. The number of benzene rings is 1. The molecule has 0 spiro atoms. The lowest BCUT2D eigenvalue weighted by Gasteiger charge is -2.34. The van der Waals surface area contributed by atoms with Crippen molar-refractivity contribution < 1.29 is 23.9 Å². The summed E-state index contributed by atoms with van der Waals surface area (Å²) < 4.78 is 4.52. The van der Waals surface area contributed by atoms with Crippen LogP contribution >= 0.6 is 0 Å². The van der Waals surface area contributed by atoms with E-state index in [0.29, 0.717) is 31.7 Å². The van der Waals surface area contributed by atoms with Crippen LogP contribution in [-0.2, 0) is 19.1 Å². The molecule has 1 aliphatic rings. The number of esters is 1. The van der Waals surface area contributed by atoms with Gasteiger partial charge < -0.3 is 19.9 Å². The van der Waals surface area contributed by atoms with Gasteiger partial charge in [-0.05, 0) is 12.1 Å². The van der Waals surface area contributed by atoms with E-state index < -0.39 is 5.97 Å². The van der Waals surface area contributed by atoms with Gasteiger partial charge in [-0.25, -0.2) is 0 Å². The van der Waals surface area contributed by atoms with Crippen LogP contribution < -0.4 is 5.32 Å². The summed E-state index contributed by atoms with van der Waals surface area (Å²) >= 11 is 0. The predicted octanol–water partition coefficient (Wildman–Crippen LogP) is 0.0404. The molecule has 0 saturated carbocycles. The topological polar surface area (TPSA) is 96.0 Å². The molecule has 0 bridgehead atoms. The summed E-state index contributed by atoms with van der Waals surface area (Å²) in [5.41, 5.74) is 0.501. The molecule has 0 atom stereocenters. The van der Waals surface area contributed by atoms with E-state index in [-0.39, 0.29) is 37.1 Å². The van der Waals surface area contributed by atoms with Crippen LogP contribution in [0.4, 0.5) is 0 Å². The Morgan fingerprint density at radius 3 is 2.08 bits per heavy atom. The van der Waals surface area contributed by atoms with Crippen LogP contribution in [-0.4, -0.2) is 73.3 Å². The highest BCUT2D eigenvalue weighted by Gasteiger charge is 2.24. The van der Waals surface area contributed by atoms with Crippen molar-refractivity contribution in [3.63, 3.8) is 0 Å². The largest absolute Gasteiger partial charge is 0.469 e. The van der Waals surface area contributed by atoms with Gasteiger partial charge in [0.05, 0.1) is 20.1 Å². The highest BCUT2D eigenvalue weighted by atomic mass is 16.5. The number of hydrogen-bond acceptors (Lipinski definition) is 5. The van der Waals surface area contributed by atoms with Crippen LogP contribution in [0.5, 0.6) is 0 Å². The summed E-state index contributed by atoms with van der Waals surface area (Å²) in [7, 11) is 1.29. The van der Waals surface area contributed by atoms with Crippen molar-refractivity contribution >= 4 is 23.7 Å². The maximum Gasteiger partial charge on any atom is 0.306 e. The first kappa shape index (κ1) is 19.4. The van der Waals surface area contributed by atoms with Crippen LogP contribution in [0.15, 0.2) is 30.3 Å². The third-order valence-corrected chi connectivity index (χ3v) is 4.19. The van der Waals surface area contributed by atoms with Gasteiger partial charge in [0.2, 0.25) is 11.8 Å². The SMILES string of the molecule is COC(=O)CCC(=O)N1CCN(C(=O)CNC(=O)c2ccccc2)CC1. The van der Waals surface area contributed by atoms with Gasteiger partial charge in [-0.3, -0.25) is 19.2 Å². The average Bonchev–Trinajstić information content (AvgIpc) is 2.70. The number of piperazine rings is 1. The number of nitrogens with one attached hydrogen (secondary N) is 1. The molecule has 1 saturated heterocycles. The molecule has 26 heavy (non-hydrogen) atoms. The van der Waals surface area contributed by atoms with Crippen molar-refractivity contribution in [2.24, 2.45) is 0 Å². The molecule has 1 aromatic carbocycles. The normalized spacial score (nSPS) is 13.9. The zero-order valence-electron chi connectivity index (χ0n) is 14.8. The second kappa shape index (κ2) is 9.55. The van der Waals surface area contributed by atoms with Crippen LogP contribution in [0, 0.1) is 0 Å². The molecule has 1 fully saturated rings. The summed E-state index contributed by atoms with van der Waals surface area (Å²) in [5.74, 6) is -1.02. The Hall–Kier alpha value is -2.90. The first-order valence-corrected chi connectivity index (χ1v) is 8.47. The quantitative estimate of drug-likeness (QED) is 0.722. The number of ether oxygens (including phenoxy) is 1. The van der Waals surface area contributed by atoms with Crippen molar-refractivity contribution in [1.29, 1.82) is 0 Å². The number of amides is 3. The smallest absolute Gasteiger partial charge is 0.306 e. The number of carbonyl (C=O) groups excluding carboxylic acids is 4. The summed E-state index contributed by atoms with van der Waals surface area (Å²) in [6.45, 7) is 1.56. The number of rotatable bonds is 6. The third-order valence-electron chi connectivity index (χ3n) is 4.19. The van der Waals surface area contributed by atoms with Gasteiger partial charge in [-0.2, -0.15) is 0 Å². The van der Waals surface area contributed by atoms with Gasteiger partial charge in [0, 0.05) is 38.2 Å². The Kier molecular flexibility index (Phi) is 7.13. The van der Waals surface area contributed by atoms with Gasteiger partial charge in [0.1, 0.15) is 0 Å². The van der Waals surface area contributed by atoms with E-state index in [1.807, 2.05) is 6.07 Å². The molecule has 2 rings (SSSR count). The molecule has 3 amide bonds. The van der Waals surface area contributed by atoms with Gasteiger partial charge in [0.15, 0.2) is 0 Å². The van der Waals surface area contributed by atoms with Gasteiger partial charge in [-0.15, -0.1) is 0 Å². The molecule has 1 N–H and O–H groups in total. The number of carbonyl (C=O) groups is 4. The fourth-order valence-corrected chi connectivity index (χ4v) is 2.63. The molecule has 1 aromatic rings. The van der Waals surface area contributed by atoms with Crippen molar-refractivity contribution in [2.45, 2.75) is 12.8 Å². The van der Waals surface area contributed by atoms with Crippen molar-refractivity contribution in [1.82, 2.24) is 15.1 Å². The molecule has 0 unspecified atom stereocenters. The van der Waals surface area contributed by atoms with Gasteiger partial charge >= 0.3 is 5.97 Å². The van der Waals surface area contributed by atoms with E-state index >= 15 is 0 Å². The Morgan fingerprint density at radius 2 is 1.50 bits per heavy atom. The fraction of sp³-hybridized carbons (Fsp3) is 0.444. The lowest BCUT2D eigenvalue weighted by atomic mass is 10.2. The molecule has 1 aliphatic heterocycles. The zero-order valence-corrected chi connectivity index (χ0v) is 14.8.